The summed E-state index contributed by atoms with van der Waals surface area (Å²) in [4.78, 5) is 21.8. The Morgan fingerprint density at radius 2 is 2.18 bits per heavy atom. The van der Waals surface area contributed by atoms with Crippen molar-refractivity contribution in [3.63, 3.8) is 0 Å². The minimum atomic E-state index is -1.19. The van der Waals surface area contributed by atoms with Crippen LogP contribution in [0.5, 0.6) is 0 Å². The van der Waals surface area contributed by atoms with E-state index in [9.17, 15) is 14.7 Å². The topological polar surface area (TPSA) is 63.6 Å². The fourth-order valence-electron chi connectivity index (χ4n) is 1.74. The molecule has 1 rings (SSSR count). The van der Waals surface area contributed by atoms with Crippen molar-refractivity contribution in [2.24, 2.45) is 0 Å². The number of cyclic esters (lactones) is 1. The van der Waals surface area contributed by atoms with Crippen LogP contribution in [0.4, 0.5) is 0 Å². The van der Waals surface area contributed by atoms with Crippen molar-refractivity contribution >= 4 is 11.8 Å². The summed E-state index contributed by atoms with van der Waals surface area (Å²) >= 11 is 0. The summed E-state index contributed by atoms with van der Waals surface area (Å²) in [6, 6.07) is 0. The van der Waals surface area contributed by atoms with Gasteiger partial charge in [-0.25, -0.2) is 4.79 Å². The zero-order chi connectivity index (χ0) is 12.9. The molecule has 0 saturated heterocycles. The monoisotopic (exact) mass is 240 g/mol. The number of ether oxygens (including phenoxy) is 1. The van der Waals surface area contributed by atoms with Crippen LogP contribution in [-0.4, -0.2) is 28.6 Å². The van der Waals surface area contributed by atoms with E-state index in [1.54, 1.807) is 13.0 Å². The maximum absolute atomic E-state index is 11.1. The van der Waals surface area contributed by atoms with Crippen LogP contribution in [0.2, 0.25) is 0 Å². The molecule has 0 amide bonds. The van der Waals surface area contributed by atoms with Crippen LogP contribution in [0.3, 0.4) is 0 Å². The third-order valence-electron chi connectivity index (χ3n) is 3.13. The van der Waals surface area contributed by atoms with Gasteiger partial charge >= 0.3 is 5.97 Å². The molecule has 96 valence electrons. The molecule has 2 unspecified atom stereocenters. The van der Waals surface area contributed by atoms with Crippen LogP contribution in [0.1, 0.15) is 46.0 Å². The molecule has 2 atom stereocenters. The SMILES string of the molecule is CC(=O)C(C)(O)CCCCCC1C=CC(=O)O1. The van der Waals surface area contributed by atoms with Gasteiger partial charge in [0.15, 0.2) is 5.78 Å². The molecule has 0 fully saturated rings. The fourth-order valence-corrected chi connectivity index (χ4v) is 1.74. The van der Waals surface area contributed by atoms with Crippen molar-refractivity contribution in [2.75, 3.05) is 0 Å². The standard InChI is InChI=1S/C13H20O4/c1-10(14)13(2,16)9-5-3-4-6-11-7-8-12(15)17-11/h7-8,11,16H,3-6,9H2,1-2H3. The van der Waals surface area contributed by atoms with E-state index in [0.29, 0.717) is 6.42 Å². The summed E-state index contributed by atoms with van der Waals surface area (Å²) in [5.41, 5.74) is -1.19. The van der Waals surface area contributed by atoms with Crippen molar-refractivity contribution in [1.29, 1.82) is 0 Å². The first kappa shape index (κ1) is 13.9. The van der Waals surface area contributed by atoms with Gasteiger partial charge in [0, 0.05) is 6.08 Å². The molecule has 1 aliphatic rings. The van der Waals surface area contributed by atoms with Crippen LogP contribution >= 0.6 is 0 Å². The number of rotatable bonds is 7. The van der Waals surface area contributed by atoms with Crippen molar-refractivity contribution in [1.82, 2.24) is 0 Å². The maximum Gasteiger partial charge on any atom is 0.331 e. The van der Waals surface area contributed by atoms with Gasteiger partial charge in [0.1, 0.15) is 11.7 Å². The van der Waals surface area contributed by atoms with Crippen molar-refractivity contribution in [2.45, 2.75) is 57.7 Å². The highest BCUT2D eigenvalue weighted by Gasteiger charge is 2.25. The van der Waals surface area contributed by atoms with Crippen LogP contribution in [0.15, 0.2) is 12.2 Å². The van der Waals surface area contributed by atoms with Crippen LogP contribution in [0, 0.1) is 0 Å². The molecule has 0 aromatic carbocycles. The van der Waals surface area contributed by atoms with Crippen LogP contribution in [0.25, 0.3) is 0 Å². The molecule has 1 aliphatic heterocycles. The highest BCUT2D eigenvalue weighted by atomic mass is 16.5. The van der Waals surface area contributed by atoms with Gasteiger partial charge in [-0.05, 0) is 39.2 Å². The van der Waals surface area contributed by atoms with Crippen LogP contribution < -0.4 is 0 Å². The van der Waals surface area contributed by atoms with Gasteiger partial charge in [-0.1, -0.05) is 12.8 Å². The molecule has 0 bridgehead atoms. The Bertz CT molecular complexity index is 317. The number of hydrogen-bond acceptors (Lipinski definition) is 4. The van der Waals surface area contributed by atoms with E-state index < -0.39 is 5.60 Å². The Morgan fingerprint density at radius 3 is 2.71 bits per heavy atom. The second-order valence-electron chi connectivity index (χ2n) is 4.76. The third kappa shape index (κ3) is 4.69. The zero-order valence-electron chi connectivity index (χ0n) is 10.4. The normalized spacial score (nSPS) is 22.3. The fraction of sp³-hybridized carbons (Fsp3) is 0.692. The lowest BCUT2D eigenvalue weighted by Crippen LogP contribution is -2.32. The largest absolute Gasteiger partial charge is 0.455 e. The molecule has 0 radical (unpaired) electrons. The molecule has 1 N–H and O–H groups in total. The quantitative estimate of drug-likeness (QED) is 0.544. The predicted molar refractivity (Wildman–Crippen MR) is 63.4 cm³/mol. The number of carbonyl (C=O) groups is 2. The second kappa shape index (κ2) is 5.96. The molecule has 0 saturated carbocycles. The van der Waals surface area contributed by atoms with Gasteiger partial charge in [-0.3, -0.25) is 4.79 Å². The molecular formula is C13H20O4. The Morgan fingerprint density at radius 1 is 1.47 bits per heavy atom. The predicted octanol–water partition coefficient (Wildman–Crippen LogP) is 1.76. The van der Waals surface area contributed by atoms with Gasteiger partial charge < -0.3 is 9.84 Å². The van der Waals surface area contributed by atoms with E-state index in [1.165, 1.54) is 13.0 Å². The summed E-state index contributed by atoms with van der Waals surface area (Å²) in [6.45, 7) is 2.96. The molecule has 0 aliphatic carbocycles. The molecule has 0 spiro atoms. The maximum atomic E-state index is 11.1. The Balaban J connectivity index is 2.07. The molecule has 0 aromatic heterocycles. The number of aliphatic hydroxyl groups is 1. The summed E-state index contributed by atoms with van der Waals surface area (Å²) in [5, 5.41) is 9.71. The van der Waals surface area contributed by atoms with E-state index >= 15 is 0 Å². The van der Waals surface area contributed by atoms with Crippen molar-refractivity contribution in [3.05, 3.63) is 12.2 Å². The van der Waals surface area contributed by atoms with Crippen LogP contribution in [-0.2, 0) is 14.3 Å². The van der Waals surface area contributed by atoms with Gasteiger partial charge in [-0.2, -0.15) is 0 Å². The minimum Gasteiger partial charge on any atom is -0.455 e. The molecule has 1 heterocycles. The number of hydrogen-bond donors (Lipinski definition) is 1. The highest BCUT2D eigenvalue weighted by Crippen LogP contribution is 2.18. The molecule has 17 heavy (non-hydrogen) atoms. The van der Waals surface area contributed by atoms with Gasteiger partial charge in [0.05, 0.1) is 0 Å². The van der Waals surface area contributed by atoms with Gasteiger partial charge in [0.2, 0.25) is 0 Å². The first-order chi connectivity index (χ1) is 7.92. The molecule has 0 aromatic rings. The zero-order valence-corrected chi connectivity index (χ0v) is 10.4. The van der Waals surface area contributed by atoms with Crippen molar-refractivity contribution in [3.8, 4) is 0 Å². The van der Waals surface area contributed by atoms with Gasteiger partial charge in [0.25, 0.3) is 0 Å². The second-order valence-corrected chi connectivity index (χ2v) is 4.76. The molecule has 4 nitrogen and oxygen atoms in total. The number of unbranched alkanes of at least 4 members (excludes halogenated alkanes) is 2. The van der Waals surface area contributed by atoms with Gasteiger partial charge in [-0.15, -0.1) is 0 Å². The van der Waals surface area contributed by atoms with E-state index in [0.717, 1.165) is 25.7 Å². The third-order valence-corrected chi connectivity index (χ3v) is 3.13. The Kier molecular flexibility index (Phi) is 4.87. The average molecular weight is 240 g/mol. The Labute approximate surface area is 102 Å². The lowest BCUT2D eigenvalue weighted by Gasteiger charge is -2.19. The van der Waals surface area contributed by atoms with Crippen molar-refractivity contribution < 1.29 is 19.4 Å². The Hall–Kier alpha value is -1.16. The summed E-state index contributed by atoms with van der Waals surface area (Å²) in [7, 11) is 0. The van der Waals surface area contributed by atoms with E-state index in [-0.39, 0.29) is 17.9 Å². The number of carbonyl (C=O) groups excluding carboxylic acids is 2. The number of esters is 1. The number of Topliss-reactive ketones (excluding diaryl/α,β-unsaturated/α-hetero) is 1. The number of ketones is 1. The lowest BCUT2D eigenvalue weighted by atomic mass is 9.94. The first-order valence-electron chi connectivity index (χ1n) is 6.04. The first-order valence-corrected chi connectivity index (χ1v) is 6.04. The molecule has 4 heteroatoms. The lowest BCUT2D eigenvalue weighted by molar-refractivity contribution is -0.139. The molecular weight excluding hydrogens is 220 g/mol. The smallest absolute Gasteiger partial charge is 0.331 e. The summed E-state index contributed by atoms with van der Waals surface area (Å²) in [6.07, 6.45) is 7.08. The summed E-state index contributed by atoms with van der Waals surface area (Å²) < 4.78 is 4.99. The van der Waals surface area contributed by atoms with E-state index in [2.05, 4.69) is 0 Å². The average Bonchev–Trinajstić information content (AvgIpc) is 2.63. The highest BCUT2D eigenvalue weighted by molar-refractivity contribution is 5.84. The van der Waals surface area contributed by atoms with E-state index in [1.807, 2.05) is 0 Å². The minimum absolute atomic E-state index is 0.0872. The van der Waals surface area contributed by atoms with E-state index in [4.69, 9.17) is 4.74 Å². The summed E-state index contributed by atoms with van der Waals surface area (Å²) in [5.74, 6) is -0.459.